The van der Waals surface area contributed by atoms with Crippen molar-refractivity contribution in [1.82, 2.24) is 0 Å². The van der Waals surface area contributed by atoms with Crippen molar-refractivity contribution in [2.75, 3.05) is 0 Å². The minimum atomic E-state index is -3.92. The second-order valence-electron chi connectivity index (χ2n) is 5.57. The number of hydrogen-bond donors (Lipinski definition) is 0. The van der Waals surface area contributed by atoms with Gasteiger partial charge in [0.15, 0.2) is 5.60 Å². The van der Waals surface area contributed by atoms with Crippen LogP contribution in [0.4, 0.5) is 0 Å². The summed E-state index contributed by atoms with van der Waals surface area (Å²) in [5, 5.41) is 4.56. The third-order valence-electron chi connectivity index (χ3n) is 3.98. The summed E-state index contributed by atoms with van der Waals surface area (Å²) < 4.78 is 29.8. The van der Waals surface area contributed by atoms with Crippen molar-refractivity contribution in [3.05, 3.63) is 29.8 Å². The lowest BCUT2D eigenvalue weighted by Crippen LogP contribution is -2.44. The molecule has 21 heavy (non-hydrogen) atoms. The molecule has 1 saturated carbocycles. The van der Waals surface area contributed by atoms with Crippen LogP contribution in [0.15, 0.2) is 29.2 Å². The van der Waals surface area contributed by atoms with E-state index in [9.17, 15) is 8.42 Å². The predicted molar refractivity (Wildman–Crippen MR) is 72.3 cm³/mol. The molecule has 0 bridgehead atoms. The molecule has 1 aliphatic carbocycles. The summed E-state index contributed by atoms with van der Waals surface area (Å²) in [5.74, 6) is 0. The molecule has 1 spiro atoms. The smallest absolute Gasteiger partial charge is 0.228 e. The zero-order valence-corrected chi connectivity index (χ0v) is 12.6. The molecule has 116 valence electrons. The van der Waals surface area contributed by atoms with Crippen molar-refractivity contribution in [3.63, 3.8) is 0 Å². The maximum absolute atomic E-state index is 12.3. The van der Waals surface area contributed by atoms with Gasteiger partial charge in [-0.1, -0.05) is 42.0 Å². The maximum atomic E-state index is 12.3. The van der Waals surface area contributed by atoms with Gasteiger partial charge in [0.05, 0.1) is 4.90 Å². The van der Waals surface area contributed by atoms with Crippen LogP contribution in [0.25, 0.3) is 0 Å². The van der Waals surface area contributed by atoms with Gasteiger partial charge in [0.1, 0.15) is 0 Å². The van der Waals surface area contributed by atoms with Gasteiger partial charge in [-0.05, 0) is 31.9 Å². The van der Waals surface area contributed by atoms with Crippen LogP contribution in [0.1, 0.15) is 37.7 Å². The van der Waals surface area contributed by atoms with E-state index in [1.165, 1.54) is 12.1 Å². The third-order valence-corrected chi connectivity index (χ3v) is 5.26. The first-order valence-corrected chi connectivity index (χ1v) is 8.44. The highest BCUT2D eigenvalue weighted by Crippen LogP contribution is 2.41. The van der Waals surface area contributed by atoms with Crippen LogP contribution < -0.4 is 0 Å². The first-order chi connectivity index (χ1) is 10.0. The third kappa shape index (κ3) is 2.97. The minimum absolute atomic E-state index is 0.0922. The molecule has 1 atom stereocenters. The second kappa shape index (κ2) is 5.66. The van der Waals surface area contributed by atoms with Crippen LogP contribution in [-0.4, -0.2) is 20.3 Å². The van der Waals surface area contributed by atoms with Crippen molar-refractivity contribution >= 4 is 10.1 Å². The monoisotopic (exact) mass is 314 g/mol. The Hall–Kier alpha value is -0.990. The number of hydrogen-bond acceptors (Lipinski definition) is 6. The standard InChI is InChI=1S/C14H18O6S/c1-11-5-7-12(8-6-11)21(15,16)18-13-14(19-20-17-13)9-3-2-4-10-14/h5-8,13H,2-4,9-10H2,1H3. The highest BCUT2D eigenvalue weighted by atomic mass is 32.2. The second-order valence-corrected chi connectivity index (χ2v) is 7.14. The maximum Gasteiger partial charge on any atom is 0.299 e. The summed E-state index contributed by atoms with van der Waals surface area (Å²) in [5.41, 5.74) is 0.150. The first kappa shape index (κ1) is 14.9. The van der Waals surface area contributed by atoms with Crippen molar-refractivity contribution < 1.29 is 27.4 Å². The first-order valence-electron chi connectivity index (χ1n) is 7.03. The van der Waals surface area contributed by atoms with Gasteiger partial charge in [-0.15, -0.1) is 0 Å². The summed E-state index contributed by atoms with van der Waals surface area (Å²) in [4.78, 5) is 10.2. The molecule has 1 heterocycles. The number of aryl methyl sites for hydroxylation is 1. The fraction of sp³-hybridized carbons (Fsp3) is 0.571. The quantitative estimate of drug-likeness (QED) is 0.631. The van der Waals surface area contributed by atoms with Gasteiger partial charge in [0, 0.05) is 0 Å². The van der Waals surface area contributed by atoms with E-state index in [2.05, 4.69) is 5.04 Å². The highest BCUT2D eigenvalue weighted by Gasteiger charge is 2.52. The molecule has 1 unspecified atom stereocenters. The SMILES string of the molecule is Cc1ccc(S(=O)(=O)OC2OOOC23CCCCC3)cc1. The molecule has 1 aliphatic heterocycles. The Morgan fingerprint density at radius 3 is 2.48 bits per heavy atom. The van der Waals surface area contributed by atoms with E-state index in [0.717, 1.165) is 24.8 Å². The Morgan fingerprint density at radius 1 is 1.14 bits per heavy atom. The molecule has 1 aromatic rings. The number of rotatable bonds is 3. The molecule has 2 fully saturated rings. The molecule has 0 radical (unpaired) electrons. The molecule has 7 heteroatoms. The Kier molecular flexibility index (Phi) is 4.02. The zero-order chi connectivity index (χ0) is 14.9. The predicted octanol–water partition coefficient (Wildman–Crippen LogP) is 2.62. The van der Waals surface area contributed by atoms with Crippen molar-refractivity contribution in [2.24, 2.45) is 0 Å². The lowest BCUT2D eigenvalue weighted by Gasteiger charge is -2.31. The molecule has 1 saturated heterocycles. The van der Waals surface area contributed by atoms with Crippen LogP contribution >= 0.6 is 0 Å². The average molecular weight is 314 g/mol. The van der Waals surface area contributed by atoms with Gasteiger partial charge in [-0.25, -0.2) is 4.18 Å². The van der Waals surface area contributed by atoms with Crippen LogP contribution in [0.5, 0.6) is 0 Å². The van der Waals surface area contributed by atoms with E-state index in [-0.39, 0.29) is 4.90 Å². The Balaban J connectivity index is 1.80. The Bertz CT molecular complexity index is 588. The Morgan fingerprint density at radius 2 is 1.81 bits per heavy atom. The van der Waals surface area contributed by atoms with E-state index in [1.54, 1.807) is 12.1 Å². The summed E-state index contributed by atoms with van der Waals surface area (Å²) in [6, 6.07) is 6.45. The van der Waals surface area contributed by atoms with Gasteiger partial charge in [-0.2, -0.15) is 18.2 Å². The molecule has 0 aromatic heterocycles. The lowest BCUT2D eigenvalue weighted by atomic mass is 9.84. The molecule has 1 aromatic carbocycles. The van der Waals surface area contributed by atoms with Gasteiger partial charge < -0.3 is 0 Å². The summed E-state index contributed by atoms with van der Waals surface area (Å²) >= 11 is 0. The van der Waals surface area contributed by atoms with Crippen LogP contribution in [-0.2, 0) is 29.1 Å². The fourth-order valence-electron chi connectivity index (χ4n) is 2.70. The molecule has 3 rings (SSSR count). The minimum Gasteiger partial charge on any atom is -0.228 e. The summed E-state index contributed by atoms with van der Waals surface area (Å²) in [7, 11) is -3.92. The summed E-state index contributed by atoms with van der Waals surface area (Å²) in [6.45, 7) is 1.88. The lowest BCUT2D eigenvalue weighted by molar-refractivity contribution is -0.480. The van der Waals surface area contributed by atoms with Crippen molar-refractivity contribution in [2.45, 2.75) is 55.8 Å². The molecular formula is C14H18O6S. The van der Waals surface area contributed by atoms with Gasteiger partial charge in [0.2, 0.25) is 6.29 Å². The molecule has 0 amide bonds. The van der Waals surface area contributed by atoms with E-state index < -0.39 is 22.0 Å². The molecule has 0 N–H and O–H groups in total. The summed E-state index contributed by atoms with van der Waals surface area (Å²) in [6.07, 6.45) is 3.18. The topological polar surface area (TPSA) is 71.1 Å². The molecule has 6 nitrogen and oxygen atoms in total. The number of benzene rings is 1. The van der Waals surface area contributed by atoms with E-state index in [0.29, 0.717) is 12.8 Å². The average Bonchev–Trinajstić information content (AvgIpc) is 2.82. The van der Waals surface area contributed by atoms with Gasteiger partial charge >= 0.3 is 0 Å². The highest BCUT2D eigenvalue weighted by molar-refractivity contribution is 7.86. The van der Waals surface area contributed by atoms with Crippen LogP contribution in [0.3, 0.4) is 0 Å². The molecule has 2 aliphatic rings. The Labute approximate surface area is 123 Å². The zero-order valence-electron chi connectivity index (χ0n) is 11.8. The van der Waals surface area contributed by atoms with Crippen molar-refractivity contribution in [3.8, 4) is 0 Å². The van der Waals surface area contributed by atoms with Crippen LogP contribution in [0, 0.1) is 6.92 Å². The largest absolute Gasteiger partial charge is 0.299 e. The van der Waals surface area contributed by atoms with Crippen molar-refractivity contribution in [1.29, 1.82) is 0 Å². The van der Waals surface area contributed by atoms with E-state index >= 15 is 0 Å². The van der Waals surface area contributed by atoms with E-state index in [1.807, 2.05) is 6.92 Å². The normalized spacial score (nSPS) is 25.3. The van der Waals surface area contributed by atoms with Gasteiger partial charge in [0.25, 0.3) is 10.1 Å². The molecular weight excluding hydrogens is 296 g/mol. The van der Waals surface area contributed by atoms with Gasteiger partial charge in [-0.3, -0.25) is 0 Å². The van der Waals surface area contributed by atoms with E-state index in [4.69, 9.17) is 14.0 Å². The van der Waals surface area contributed by atoms with Crippen LogP contribution in [0.2, 0.25) is 0 Å². The fourth-order valence-corrected chi connectivity index (χ4v) is 3.72.